The maximum Gasteiger partial charge on any atom is 0.273 e. The second-order valence-corrected chi connectivity index (χ2v) is 12.9. The molecule has 1 aliphatic heterocycles. The van der Waals surface area contributed by atoms with Gasteiger partial charge in [0.2, 0.25) is 0 Å². The molecule has 14 heteroatoms. The Bertz CT molecular complexity index is 1420. The lowest BCUT2D eigenvalue weighted by Gasteiger charge is -2.36. The minimum Gasteiger partial charge on any atom is -0.292 e. The van der Waals surface area contributed by atoms with Crippen LogP contribution in [0.15, 0.2) is 58.6 Å². The summed E-state index contributed by atoms with van der Waals surface area (Å²) < 4.78 is -2.15. The molecule has 0 N–H and O–H groups in total. The summed E-state index contributed by atoms with van der Waals surface area (Å²) in [6, 6.07) is 11.9. The molecular weight excluding hydrogens is 664 g/mol. The van der Waals surface area contributed by atoms with Gasteiger partial charge in [0, 0.05) is 11.1 Å². The number of hydrogen-bond donors (Lipinski definition) is 0. The average Bonchev–Trinajstić information content (AvgIpc) is 3.27. The van der Waals surface area contributed by atoms with Crippen LogP contribution in [0.25, 0.3) is 0 Å². The summed E-state index contributed by atoms with van der Waals surface area (Å²) >= 11 is 51.4. The molecule has 1 saturated heterocycles. The van der Waals surface area contributed by atoms with E-state index in [9.17, 15) is 19.2 Å². The van der Waals surface area contributed by atoms with Crippen LogP contribution >= 0.6 is 92.8 Å². The lowest BCUT2D eigenvalue weighted by molar-refractivity contribution is -0.154. The van der Waals surface area contributed by atoms with Crippen molar-refractivity contribution in [1.82, 2.24) is 10.0 Å². The minimum absolute atomic E-state index is 0.0390. The third-order valence-corrected chi connectivity index (χ3v) is 11.9. The Labute approximate surface area is 256 Å². The van der Waals surface area contributed by atoms with E-state index in [1.807, 2.05) is 0 Å². The summed E-state index contributed by atoms with van der Waals surface area (Å²) in [5, 5.41) is 0.859. The van der Waals surface area contributed by atoms with Gasteiger partial charge in [-0.3, -0.25) is 19.2 Å². The van der Waals surface area contributed by atoms with Crippen LogP contribution in [0, 0.1) is 11.8 Å². The fourth-order valence-corrected chi connectivity index (χ4v) is 8.31. The first-order valence-electron chi connectivity index (χ1n) is 10.8. The smallest absolute Gasteiger partial charge is 0.273 e. The molecule has 38 heavy (non-hydrogen) atoms. The summed E-state index contributed by atoms with van der Waals surface area (Å²) in [7, 11) is 0. The second kappa shape index (κ2) is 9.42. The number of fused-ring (bicyclic) bond motifs is 5. The quantitative estimate of drug-likeness (QED) is 0.201. The summed E-state index contributed by atoms with van der Waals surface area (Å²) in [4.78, 5) is 50.4. The van der Waals surface area contributed by atoms with Crippen molar-refractivity contribution < 1.29 is 19.2 Å². The summed E-state index contributed by atoms with van der Waals surface area (Å²) in [6.45, 7) is -0.702. The highest BCUT2D eigenvalue weighted by atomic mass is 35.5. The number of carbonyl (C=O) groups is 4. The van der Waals surface area contributed by atoms with Gasteiger partial charge in [-0.05, 0) is 18.2 Å². The highest BCUT2D eigenvalue weighted by molar-refractivity contribution is 6.66. The van der Waals surface area contributed by atoms with Crippen LogP contribution in [-0.2, 0) is 9.59 Å². The molecular formula is C24H12Cl8N2O4. The molecule has 0 spiro atoms. The molecule has 3 amide bonds. The molecule has 0 radical (unpaired) electrons. The average molecular weight is 676 g/mol. The number of nitrogens with zero attached hydrogens (tertiary/aromatic N) is 2. The Hall–Kier alpha value is -1.22. The normalized spacial score (nSPS) is 29.2. The molecule has 1 saturated carbocycles. The van der Waals surface area contributed by atoms with Crippen LogP contribution in [0.4, 0.5) is 0 Å². The maximum atomic E-state index is 13.9. The van der Waals surface area contributed by atoms with Crippen molar-refractivity contribution in [3.8, 4) is 0 Å². The number of rotatable bonds is 5. The van der Waals surface area contributed by atoms with Gasteiger partial charge in [-0.2, -0.15) is 5.01 Å². The van der Waals surface area contributed by atoms with E-state index in [1.54, 1.807) is 18.2 Å². The lowest BCUT2D eigenvalue weighted by atomic mass is 9.84. The van der Waals surface area contributed by atoms with E-state index >= 15 is 0 Å². The van der Waals surface area contributed by atoms with Crippen molar-refractivity contribution in [2.75, 3.05) is 6.54 Å². The standard InChI is InChI=1S/C24H12Cl8N2O4/c25-12-7-6-11(8-13(12)26)19(36)33(9-14(35)10-4-2-1-3-5-10)34-20(37)15-16(21(34)38)23(30)18(28)17(27)22(15,29)24(23,31)32/h1-8,15-16H,9H2/t15-,16-,22+,23+/m0/s1. The highest BCUT2D eigenvalue weighted by Crippen LogP contribution is 2.77. The van der Waals surface area contributed by atoms with Gasteiger partial charge in [0.1, 0.15) is 16.3 Å². The van der Waals surface area contributed by atoms with Crippen molar-refractivity contribution >= 4 is 116 Å². The molecule has 4 atom stereocenters. The van der Waals surface area contributed by atoms with Gasteiger partial charge in [-0.15, -0.1) is 23.2 Å². The van der Waals surface area contributed by atoms with Crippen molar-refractivity contribution in [2.45, 2.75) is 14.1 Å². The Morgan fingerprint density at radius 3 is 1.79 bits per heavy atom. The number of alkyl halides is 4. The molecule has 0 unspecified atom stereocenters. The molecule has 6 nitrogen and oxygen atoms in total. The molecule has 2 aliphatic carbocycles. The number of halogens is 8. The summed E-state index contributed by atoms with van der Waals surface area (Å²) in [6.07, 6.45) is 0. The Balaban J connectivity index is 1.61. The van der Waals surface area contributed by atoms with Gasteiger partial charge in [-0.25, -0.2) is 5.01 Å². The van der Waals surface area contributed by atoms with E-state index in [1.165, 1.54) is 30.3 Å². The first-order chi connectivity index (χ1) is 17.7. The summed E-state index contributed by atoms with van der Waals surface area (Å²) in [5.41, 5.74) is 0.176. The van der Waals surface area contributed by atoms with E-state index < -0.39 is 56.0 Å². The first kappa shape index (κ1) is 28.3. The van der Waals surface area contributed by atoms with Crippen LogP contribution in [0.1, 0.15) is 20.7 Å². The van der Waals surface area contributed by atoms with Gasteiger partial charge in [-0.1, -0.05) is 99.9 Å². The Morgan fingerprint density at radius 2 is 1.29 bits per heavy atom. The molecule has 2 fully saturated rings. The zero-order chi connectivity index (χ0) is 27.9. The number of benzene rings is 2. The number of ketones is 1. The fraction of sp³-hybridized carbons (Fsp3) is 0.250. The maximum absolute atomic E-state index is 13.9. The number of hydrazine groups is 1. The van der Waals surface area contributed by atoms with E-state index in [0.717, 1.165) is 0 Å². The summed E-state index contributed by atoms with van der Waals surface area (Å²) in [5.74, 6) is -6.42. The molecule has 5 rings (SSSR count). The van der Waals surface area contributed by atoms with E-state index in [2.05, 4.69) is 0 Å². The van der Waals surface area contributed by atoms with E-state index in [0.29, 0.717) is 10.0 Å². The SMILES string of the molecule is O=C(CN(C(=O)c1ccc(Cl)c(Cl)c1)N1C(=O)[C@@H]2[C@@H](C1=O)[C@@]1(Cl)C(Cl)=C(Cl)[C@@]2(Cl)C1(Cl)Cl)c1ccccc1. The number of carbonyl (C=O) groups excluding carboxylic acids is 4. The van der Waals surface area contributed by atoms with Crippen molar-refractivity contribution in [3.63, 3.8) is 0 Å². The van der Waals surface area contributed by atoms with E-state index in [4.69, 9.17) is 92.8 Å². The Kier molecular flexibility index (Phi) is 7.02. The van der Waals surface area contributed by atoms with Crippen molar-refractivity contribution in [1.29, 1.82) is 0 Å². The number of allylic oxidation sites excluding steroid dienone is 2. The predicted molar refractivity (Wildman–Crippen MR) is 147 cm³/mol. The molecule has 2 aromatic carbocycles. The molecule has 1 heterocycles. The van der Waals surface area contributed by atoms with Crippen LogP contribution in [0.3, 0.4) is 0 Å². The van der Waals surface area contributed by atoms with Gasteiger partial charge < -0.3 is 0 Å². The third kappa shape index (κ3) is 3.55. The minimum atomic E-state index is -2.15. The van der Waals surface area contributed by atoms with Gasteiger partial charge >= 0.3 is 0 Å². The topological polar surface area (TPSA) is 74.8 Å². The van der Waals surface area contributed by atoms with Crippen LogP contribution in [0.5, 0.6) is 0 Å². The van der Waals surface area contributed by atoms with Crippen LogP contribution < -0.4 is 0 Å². The molecule has 0 aromatic heterocycles. The number of hydrogen-bond acceptors (Lipinski definition) is 4. The van der Waals surface area contributed by atoms with E-state index in [-0.39, 0.29) is 31.2 Å². The van der Waals surface area contributed by atoms with Crippen molar-refractivity contribution in [3.05, 3.63) is 79.8 Å². The zero-order valence-corrected chi connectivity index (χ0v) is 24.6. The molecule has 2 bridgehead atoms. The van der Waals surface area contributed by atoms with Crippen LogP contribution in [-0.4, -0.2) is 54.1 Å². The highest BCUT2D eigenvalue weighted by Gasteiger charge is 2.88. The zero-order valence-electron chi connectivity index (χ0n) is 18.5. The largest absolute Gasteiger partial charge is 0.292 e. The number of Topliss-reactive ketones (excluding diaryl/α,β-unsaturated/α-hetero) is 1. The molecule has 3 aliphatic rings. The predicted octanol–water partition coefficient (Wildman–Crippen LogP) is 6.68. The first-order valence-corrected chi connectivity index (χ1v) is 13.8. The number of amides is 3. The van der Waals surface area contributed by atoms with Crippen LogP contribution in [0.2, 0.25) is 10.0 Å². The molecule has 198 valence electrons. The fourth-order valence-electron chi connectivity index (χ4n) is 5.08. The third-order valence-electron chi connectivity index (χ3n) is 6.92. The van der Waals surface area contributed by atoms with Crippen molar-refractivity contribution in [2.24, 2.45) is 11.8 Å². The monoisotopic (exact) mass is 672 g/mol. The Morgan fingerprint density at radius 1 is 0.763 bits per heavy atom. The van der Waals surface area contributed by atoms with Gasteiger partial charge in [0.15, 0.2) is 10.1 Å². The number of imide groups is 1. The van der Waals surface area contributed by atoms with Gasteiger partial charge in [0.25, 0.3) is 17.7 Å². The second-order valence-electron chi connectivity index (χ2n) is 8.85. The van der Waals surface area contributed by atoms with Gasteiger partial charge in [0.05, 0.1) is 31.9 Å². The molecule has 2 aromatic rings. The lowest BCUT2D eigenvalue weighted by Crippen LogP contribution is -2.56.